The van der Waals surface area contributed by atoms with E-state index in [0.29, 0.717) is 27.9 Å². The van der Waals surface area contributed by atoms with E-state index in [2.05, 4.69) is 10.4 Å². The van der Waals surface area contributed by atoms with Gasteiger partial charge in [-0.1, -0.05) is 6.08 Å². The minimum Gasteiger partial charge on any atom is -0.330 e. The Hall–Kier alpha value is -3.59. The van der Waals surface area contributed by atoms with Crippen molar-refractivity contribution in [3.63, 3.8) is 0 Å². The summed E-state index contributed by atoms with van der Waals surface area (Å²) in [5, 5.41) is 2.44. The van der Waals surface area contributed by atoms with Gasteiger partial charge in [-0.15, -0.1) is 0 Å². The smallest absolute Gasteiger partial charge is 0.262 e. The van der Waals surface area contributed by atoms with Crippen LogP contribution in [0.15, 0.2) is 66.4 Å². The van der Waals surface area contributed by atoms with Gasteiger partial charge in [0.2, 0.25) is 0 Å². The maximum atomic E-state index is 13.9. The molecule has 2 atom stereocenters. The molecule has 9 heteroatoms. The van der Waals surface area contributed by atoms with Gasteiger partial charge in [-0.25, -0.2) is 23.2 Å². The average Bonchev–Trinajstić information content (AvgIpc) is 3.34. The second kappa shape index (κ2) is 8.08. The third kappa shape index (κ3) is 3.48. The first-order valence-electron chi connectivity index (χ1n) is 10.6. The van der Waals surface area contributed by atoms with Gasteiger partial charge in [0.15, 0.2) is 0 Å². The molecule has 0 saturated carbocycles. The van der Waals surface area contributed by atoms with Gasteiger partial charge in [0.25, 0.3) is 5.91 Å². The second-order valence-electron chi connectivity index (χ2n) is 8.21. The number of fused-ring (bicyclic) bond motifs is 2. The van der Waals surface area contributed by atoms with E-state index in [9.17, 15) is 18.0 Å². The number of hydrogen-bond acceptors (Lipinski definition) is 4. The lowest BCUT2D eigenvalue weighted by Gasteiger charge is -2.28. The van der Waals surface area contributed by atoms with Crippen molar-refractivity contribution < 1.29 is 18.0 Å². The van der Waals surface area contributed by atoms with Crippen molar-refractivity contribution in [1.29, 1.82) is 0 Å². The van der Waals surface area contributed by atoms with Crippen molar-refractivity contribution in [2.24, 2.45) is 5.92 Å². The minimum absolute atomic E-state index is 0.167. The number of halogens is 3. The first-order chi connectivity index (χ1) is 15.9. The van der Waals surface area contributed by atoms with Gasteiger partial charge in [-0.05, 0) is 36.8 Å². The fourth-order valence-electron chi connectivity index (χ4n) is 4.75. The molecular formula is C24H22F3N5O. The molecule has 1 saturated heterocycles. The molecule has 2 aliphatic heterocycles. The molecule has 2 aromatic heterocycles. The van der Waals surface area contributed by atoms with Gasteiger partial charge < -0.3 is 9.99 Å². The lowest BCUT2D eigenvalue weighted by Crippen LogP contribution is -2.31. The lowest BCUT2D eigenvalue weighted by molar-refractivity contribution is 0.0854. The van der Waals surface area contributed by atoms with Crippen LogP contribution in [-0.2, 0) is 6.54 Å². The summed E-state index contributed by atoms with van der Waals surface area (Å²) in [5.41, 5.74) is 6.23. The monoisotopic (exact) mass is 453 g/mol. The van der Waals surface area contributed by atoms with E-state index in [1.54, 1.807) is 52.2 Å². The Bertz CT molecular complexity index is 1290. The largest absolute Gasteiger partial charge is 0.330 e. The van der Waals surface area contributed by atoms with Gasteiger partial charge in [0.05, 0.1) is 23.8 Å². The molecule has 0 bridgehead atoms. The zero-order chi connectivity index (χ0) is 23.3. The molecule has 3 aromatic rings. The molecule has 33 heavy (non-hydrogen) atoms. The van der Waals surface area contributed by atoms with E-state index in [-0.39, 0.29) is 24.4 Å². The lowest BCUT2D eigenvalue weighted by atomic mass is 9.89. The maximum Gasteiger partial charge on any atom is 0.262 e. The third-order valence-electron chi connectivity index (χ3n) is 6.24. The summed E-state index contributed by atoms with van der Waals surface area (Å²) >= 11 is 0. The van der Waals surface area contributed by atoms with Crippen LogP contribution in [0.3, 0.4) is 0 Å². The predicted octanol–water partition coefficient (Wildman–Crippen LogP) is 4.29. The highest BCUT2D eigenvalue weighted by Gasteiger charge is 2.40. The van der Waals surface area contributed by atoms with Gasteiger partial charge in [-0.3, -0.25) is 9.69 Å². The molecule has 1 fully saturated rings. The molecule has 170 valence electrons. The van der Waals surface area contributed by atoms with E-state index in [1.807, 2.05) is 13.0 Å². The van der Waals surface area contributed by atoms with Crippen molar-refractivity contribution in [3.8, 4) is 0 Å². The first-order valence-corrected chi connectivity index (χ1v) is 10.6. The number of allylic oxidation sites excluding steroid dienone is 1. The SMILES string of the molecule is CC1=C2NN(C)C(c3cc(F)cc(F)c3)C2C=CN1C(=O)c1ccnc2c1ccn2CCF. The quantitative estimate of drug-likeness (QED) is 0.640. The van der Waals surface area contributed by atoms with Gasteiger partial charge >= 0.3 is 0 Å². The maximum absolute atomic E-state index is 13.9. The molecule has 1 amide bonds. The second-order valence-corrected chi connectivity index (χ2v) is 8.21. The van der Waals surface area contributed by atoms with Gasteiger partial charge in [0, 0.05) is 48.7 Å². The predicted molar refractivity (Wildman–Crippen MR) is 117 cm³/mol. The first kappa shape index (κ1) is 21.3. The molecule has 4 heterocycles. The zero-order valence-electron chi connectivity index (χ0n) is 18.1. The number of aromatic nitrogens is 2. The van der Waals surface area contributed by atoms with Crippen LogP contribution in [-0.4, -0.2) is 39.1 Å². The Labute approximate surface area is 188 Å². The number of nitrogens with one attached hydrogen (secondary N) is 1. The van der Waals surface area contributed by atoms with E-state index >= 15 is 0 Å². The van der Waals surface area contributed by atoms with Crippen molar-refractivity contribution >= 4 is 16.9 Å². The van der Waals surface area contributed by atoms with Crippen LogP contribution < -0.4 is 5.43 Å². The van der Waals surface area contributed by atoms with Gasteiger partial charge in [0.1, 0.15) is 24.0 Å². The number of rotatable bonds is 4. The normalized spacial score (nSPS) is 20.5. The average molecular weight is 453 g/mol. The number of hydrazine groups is 1. The van der Waals surface area contributed by atoms with E-state index in [1.165, 1.54) is 12.1 Å². The molecule has 2 unspecified atom stereocenters. The van der Waals surface area contributed by atoms with Crippen LogP contribution in [0.2, 0.25) is 0 Å². The minimum atomic E-state index is -0.634. The molecule has 1 aromatic carbocycles. The number of amides is 1. The van der Waals surface area contributed by atoms with E-state index < -0.39 is 18.3 Å². The van der Waals surface area contributed by atoms with Crippen molar-refractivity contribution in [2.75, 3.05) is 13.7 Å². The summed E-state index contributed by atoms with van der Waals surface area (Å²) in [6.07, 6.45) is 6.81. The highest BCUT2D eigenvalue weighted by molar-refractivity contribution is 6.06. The number of pyridine rings is 1. The summed E-state index contributed by atoms with van der Waals surface area (Å²) in [6, 6.07) is 6.57. The van der Waals surface area contributed by atoms with Crippen LogP contribution in [0.5, 0.6) is 0 Å². The van der Waals surface area contributed by atoms with Crippen molar-refractivity contribution in [1.82, 2.24) is 24.9 Å². The van der Waals surface area contributed by atoms with Crippen LogP contribution in [0, 0.1) is 17.6 Å². The van der Waals surface area contributed by atoms with E-state index in [4.69, 9.17) is 0 Å². The standard InChI is InChI=1S/C24H22F3N5O/c1-14-21-20(22(30(2)29-21)15-11-16(26)13-17(27)12-15)5-9-32(14)24(33)19-3-7-28-23-18(19)4-8-31(23)10-6-25/h3-5,7-9,11-13,20,22,29H,6,10H2,1-2H3. The zero-order valence-corrected chi connectivity index (χ0v) is 18.1. The Morgan fingerprint density at radius 3 is 2.67 bits per heavy atom. The van der Waals surface area contributed by atoms with Gasteiger partial charge in [-0.2, -0.15) is 0 Å². The third-order valence-corrected chi connectivity index (χ3v) is 6.24. The number of benzene rings is 1. The number of alkyl halides is 1. The highest BCUT2D eigenvalue weighted by atomic mass is 19.1. The Kier molecular flexibility index (Phi) is 5.20. The number of nitrogens with zero attached hydrogens (tertiary/aromatic N) is 4. The van der Waals surface area contributed by atoms with Crippen LogP contribution >= 0.6 is 0 Å². The summed E-state index contributed by atoms with van der Waals surface area (Å²) in [4.78, 5) is 19.3. The molecule has 0 radical (unpaired) electrons. The molecule has 5 rings (SSSR count). The molecule has 2 aliphatic rings. The fourth-order valence-corrected chi connectivity index (χ4v) is 4.75. The summed E-state index contributed by atoms with van der Waals surface area (Å²) < 4.78 is 42.2. The number of carbonyl (C=O) groups excluding carboxylic acids is 1. The summed E-state index contributed by atoms with van der Waals surface area (Å²) in [5.74, 6) is -1.72. The summed E-state index contributed by atoms with van der Waals surface area (Å²) in [6.45, 7) is 1.47. The van der Waals surface area contributed by atoms with E-state index in [0.717, 1.165) is 11.8 Å². The van der Waals surface area contributed by atoms with Crippen LogP contribution in [0.1, 0.15) is 28.9 Å². The molecule has 0 aliphatic carbocycles. The number of hydrogen-bond donors (Lipinski definition) is 1. The number of aryl methyl sites for hydroxylation is 1. The topological polar surface area (TPSA) is 53.4 Å². The molecular weight excluding hydrogens is 431 g/mol. The molecule has 1 N–H and O–H groups in total. The molecule has 0 spiro atoms. The highest BCUT2D eigenvalue weighted by Crippen LogP contribution is 2.42. The Morgan fingerprint density at radius 1 is 1.18 bits per heavy atom. The van der Waals surface area contributed by atoms with Crippen molar-refractivity contribution in [2.45, 2.75) is 19.5 Å². The molecule has 6 nitrogen and oxygen atoms in total. The summed E-state index contributed by atoms with van der Waals surface area (Å²) in [7, 11) is 1.80. The Balaban J connectivity index is 1.49. The fraction of sp³-hybridized carbons (Fsp3) is 0.250. The van der Waals surface area contributed by atoms with Crippen molar-refractivity contribution in [3.05, 3.63) is 89.2 Å². The van der Waals surface area contributed by atoms with Crippen LogP contribution in [0.4, 0.5) is 13.2 Å². The Morgan fingerprint density at radius 2 is 1.94 bits per heavy atom. The van der Waals surface area contributed by atoms with Crippen LogP contribution in [0.25, 0.3) is 11.0 Å². The number of carbonyl (C=O) groups is 1.